The molecule has 0 N–H and O–H groups in total. The molecule has 3 rings (SSSR count). The van der Waals surface area contributed by atoms with Crippen LogP contribution in [0, 0.1) is 0 Å². The molecule has 1 fully saturated rings. The van der Waals surface area contributed by atoms with E-state index in [1.165, 1.54) is 15.6 Å². The van der Waals surface area contributed by atoms with Crippen molar-refractivity contribution in [3.05, 3.63) is 41.9 Å². The molecule has 1 saturated heterocycles. The Morgan fingerprint density at radius 3 is 2.62 bits per heavy atom. The molecule has 5 nitrogen and oxygen atoms in total. The predicted octanol–water partition coefficient (Wildman–Crippen LogP) is 2.38. The van der Waals surface area contributed by atoms with Crippen LogP contribution in [0.25, 0.3) is 0 Å². The van der Waals surface area contributed by atoms with Gasteiger partial charge in [-0.3, -0.25) is 0 Å². The summed E-state index contributed by atoms with van der Waals surface area (Å²) in [4.78, 5) is 4.13. The second-order valence-corrected chi connectivity index (χ2v) is 7.93. The average Bonchev–Trinajstić information content (AvgIpc) is 3.04. The number of nitrogens with zero attached hydrogens (tertiary/aromatic N) is 2. The van der Waals surface area contributed by atoms with Gasteiger partial charge in [0, 0.05) is 25.4 Å². The number of rotatable bonds is 4. The summed E-state index contributed by atoms with van der Waals surface area (Å²) >= 11 is 1.26. The number of hydrogen-bond donors (Lipinski definition) is 0. The SMILES string of the molecule is O=S(=O)(c1cccs1)N1CCC(Oc2ccccn2)CC1. The van der Waals surface area contributed by atoms with E-state index in [0.29, 0.717) is 36.0 Å². The number of hydrogen-bond acceptors (Lipinski definition) is 5. The number of aromatic nitrogens is 1. The van der Waals surface area contributed by atoms with Gasteiger partial charge in [-0.25, -0.2) is 13.4 Å². The van der Waals surface area contributed by atoms with E-state index in [0.717, 1.165) is 0 Å². The number of piperidine rings is 1. The van der Waals surface area contributed by atoms with E-state index in [4.69, 9.17) is 4.74 Å². The highest BCUT2D eigenvalue weighted by Crippen LogP contribution is 2.25. The molecule has 0 aromatic carbocycles. The average molecular weight is 324 g/mol. The lowest BCUT2D eigenvalue weighted by Gasteiger charge is -2.30. The summed E-state index contributed by atoms with van der Waals surface area (Å²) in [5, 5.41) is 1.78. The Kier molecular flexibility index (Phi) is 4.23. The van der Waals surface area contributed by atoms with Gasteiger partial charge in [-0.1, -0.05) is 12.1 Å². The van der Waals surface area contributed by atoms with Crippen LogP contribution in [0.5, 0.6) is 5.88 Å². The Morgan fingerprint density at radius 2 is 2.00 bits per heavy atom. The molecule has 0 atom stereocenters. The molecule has 0 aliphatic carbocycles. The molecule has 7 heteroatoms. The van der Waals surface area contributed by atoms with Gasteiger partial charge >= 0.3 is 0 Å². The Labute approximate surface area is 128 Å². The van der Waals surface area contributed by atoms with E-state index < -0.39 is 10.0 Å². The zero-order valence-electron chi connectivity index (χ0n) is 11.4. The van der Waals surface area contributed by atoms with Crippen molar-refractivity contribution in [3.8, 4) is 5.88 Å². The van der Waals surface area contributed by atoms with Crippen molar-refractivity contribution >= 4 is 21.4 Å². The maximum absolute atomic E-state index is 12.4. The molecule has 1 aliphatic rings. The van der Waals surface area contributed by atoms with Crippen LogP contribution in [0.2, 0.25) is 0 Å². The summed E-state index contributed by atoms with van der Waals surface area (Å²) in [6, 6.07) is 8.93. The molecule has 0 spiro atoms. The maximum Gasteiger partial charge on any atom is 0.252 e. The molecule has 2 aromatic heterocycles. The summed E-state index contributed by atoms with van der Waals surface area (Å²) in [5.74, 6) is 0.595. The highest BCUT2D eigenvalue weighted by atomic mass is 32.2. The molecule has 1 aliphatic heterocycles. The molecule has 21 heavy (non-hydrogen) atoms. The Balaban J connectivity index is 1.61. The molecule has 0 unspecified atom stereocenters. The number of thiophene rings is 1. The summed E-state index contributed by atoms with van der Waals surface area (Å²) in [7, 11) is -3.33. The fourth-order valence-electron chi connectivity index (χ4n) is 2.32. The predicted molar refractivity (Wildman–Crippen MR) is 81.0 cm³/mol. The van der Waals surface area contributed by atoms with Crippen molar-refractivity contribution < 1.29 is 13.2 Å². The second-order valence-electron chi connectivity index (χ2n) is 4.82. The standard InChI is InChI=1S/C14H16N2O3S2/c17-21(18,14-5-3-11-20-14)16-9-6-12(7-10-16)19-13-4-1-2-8-15-13/h1-5,8,11-12H,6-7,9-10H2. The van der Waals surface area contributed by atoms with Gasteiger partial charge in [0.25, 0.3) is 10.0 Å². The van der Waals surface area contributed by atoms with E-state index >= 15 is 0 Å². The van der Waals surface area contributed by atoms with Crippen LogP contribution in [0.3, 0.4) is 0 Å². The Hall–Kier alpha value is -1.44. The first-order valence-electron chi connectivity index (χ1n) is 6.77. The largest absolute Gasteiger partial charge is 0.474 e. The number of ether oxygens (including phenoxy) is 1. The van der Waals surface area contributed by atoms with E-state index in [1.54, 1.807) is 23.7 Å². The van der Waals surface area contributed by atoms with Gasteiger partial charge in [0.15, 0.2) is 0 Å². The molecule has 3 heterocycles. The molecule has 0 amide bonds. The Morgan fingerprint density at radius 1 is 1.19 bits per heavy atom. The van der Waals surface area contributed by atoms with E-state index in [-0.39, 0.29) is 6.10 Å². The van der Waals surface area contributed by atoms with Gasteiger partial charge in [0.1, 0.15) is 10.3 Å². The molecule has 0 bridgehead atoms. The molecule has 2 aromatic rings. The van der Waals surface area contributed by atoms with Crippen LogP contribution in [-0.4, -0.2) is 36.9 Å². The second kappa shape index (κ2) is 6.13. The third-order valence-electron chi connectivity index (χ3n) is 3.42. The van der Waals surface area contributed by atoms with Crippen molar-refractivity contribution in [3.63, 3.8) is 0 Å². The quantitative estimate of drug-likeness (QED) is 0.866. The normalized spacial score (nSPS) is 17.7. The van der Waals surface area contributed by atoms with Crippen molar-refractivity contribution in [1.29, 1.82) is 0 Å². The van der Waals surface area contributed by atoms with Gasteiger partial charge in [-0.15, -0.1) is 11.3 Å². The lowest BCUT2D eigenvalue weighted by atomic mass is 10.1. The fraction of sp³-hybridized carbons (Fsp3) is 0.357. The maximum atomic E-state index is 12.4. The highest BCUT2D eigenvalue weighted by molar-refractivity contribution is 7.91. The zero-order valence-corrected chi connectivity index (χ0v) is 13.0. The van der Waals surface area contributed by atoms with Crippen molar-refractivity contribution in [1.82, 2.24) is 9.29 Å². The summed E-state index contributed by atoms with van der Waals surface area (Å²) in [6.45, 7) is 0.968. The highest BCUT2D eigenvalue weighted by Gasteiger charge is 2.30. The number of sulfonamides is 1. The van der Waals surface area contributed by atoms with E-state index in [9.17, 15) is 8.42 Å². The summed E-state index contributed by atoms with van der Waals surface area (Å²) < 4.78 is 32.5. The molecule has 0 radical (unpaired) electrons. The zero-order chi connectivity index (χ0) is 14.7. The lowest BCUT2D eigenvalue weighted by Crippen LogP contribution is -2.41. The monoisotopic (exact) mass is 324 g/mol. The van der Waals surface area contributed by atoms with Crippen LogP contribution in [0.1, 0.15) is 12.8 Å². The smallest absolute Gasteiger partial charge is 0.252 e. The fourth-order valence-corrected chi connectivity index (χ4v) is 4.93. The molecule has 0 saturated carbocycles. The van der Waals surface area contributed by atoms with Crippen LogP contribution in [-0.2, 0) is 10.0 Å². The first-order chi connectivity index (χ1) is 10.2. The van der Waals surface area contributed by atoms with Crippen LogP contribution >= 0.6 is 11.3 Å². The minimum Gasteiger partial charge on any atom is -0.474 e. The van der Waals surface area contributed by atoms with Crippen LogP contribution < -0.4 is 4.74 Å². The summed E-state index contributed by atoms with van der Waals surface area (Å²) in [5.41, 5.74) is 0. The number of pyridine rings is 1. The van der Waals surface area contributed by atoms with Crippen molar-refractivity contribution in [2.45, 2.75) is 23.2 Å². The van der Waals surface area contributed by atoms with E-state index in [1.807, 2.05) is 18.2 Å². The summed E-state index contributed by atoms with van der Waals surface area (Å²) in [6.07, 6.45) is 3.07. The van der Waals surface area contributed by atoms with Gasteiger partial charge in [-0.2, -0.15) is 4.31 Å². The van der Waals surface area contributed by atoms with Crippen molar-refractivity contribution in [2.75, 3.05) is 13.1 Å². The van der Waals surface area contributed by atoms with Gasteiger partial charge in [-0.05, 0) is 30.4 Å². The van der Waals surface area contributed by atoms with Crippen LogP contribution in [0.15, 0.2) is 46.1 Å². The molecular formula is C14H16N2O3S2. The van der Waals surface area contributed by atoms with Crippen molar-refractivity contribution in [2.24, 2.45) is 0 Å². The van der Waals surface area contributed by atoms with E-state index in [2.05, 4.69) is 4.98 Å². The van der Waals surface area contributed by atoms with Gasteiger partial charge in [0.05, 0.1) is 0 Å². The first kappa shape index (κ1) is 14.5. The third-order valence-corrected chi connectivity index (χ3v) is 6.69. The molecule has 112 valence electrons. The third kappa shape index (κ3) is 3.25. The minimum atomic E-state index is -3.33. The molecular weight excluding hydrogens is 308 g/mol. The topological polar surface area (TPSA) is 59.5 Å². The van der Waals surface area contributed by atoms with Crippen LogP contribution in [0.4, 0.5) is 0 Å². The first-order valence-corrected chi connectivity index (χ1v) is 9.09. The Bertz CT molecular complexity index is 664. The van der Waals surface area contributed by atoms with Gasteiger partial charge < -0.3 is 4.74 Å². The lowest BCUT2D eigenvalue weighted by molar-refractivity contribution is 0.130. The minimum absolute atomic E-state index is 0.0229. The van der Waals surface area contributed by atoms with Gasteiger partial charge in [0.2, 0.25) is 5.88 Å².